The van der Waals surface area contributed by atoms with Crippen LogP contribution in [0.4, 0.5) is 0 Å². The van der Waals surface area contributed by atoms with E-state index in [0.717, 1.165) is 38.0 Å². The van der Waals surface area contributed by atoms with Crippen molar-refractivity contribution in [1.29, 1.82) is 5.26 Å². The number of hydrogen-bond donors (Lipinski definition) is 2. The van der Waals surface area contributed by atoms with E-state index in [0.29, 0.717) is 11.2 Å². The minimum atomic E-state index is -0.282. The zero-order valence-corrected chi connectivity index (χ0v) is 11.7. The number of nitriles is 1. The lowest BCUT2D eigenvalue weighted by molar-refractivity contribution is 0.250. The van der Waals surface area contributed by atoms with Gasteiger partial charge < -0.3 is 5.11 Å². The SMILES string of the molecule is CCCNC1(C#N)CCC(SCC(C)CO)C1. The predicted octanol–water partition coefficient (Wildman–Crippen LogP) is 2.16. The van der Waals surface area contributed by atoms with Gasteiger partial charge in [0.1, 0.15) is 5.54 Å². The van der Waals surface area contributed by atoms with Crippen molar-refractivity contribution in [3.05, 3.63) is 0 Å². The van der Waals surface area contributed by atoms with Gasteiger partial charge in [-0.25, -0.2) is 0 Å². The first-order valence-electron chi connectivity index (χ1n) is 6.54. The van der Waals surface area contributed by atoms with Crippen LogP contribution in [0.3, 0.4) is 0 Å². The topological polar surface area (TPSA) is 56.0 Å². The molecule has 4 heteroatoms. The minimum Gasteiger partial charge on any atom is -0.396 e. The smallest absolute Gasteiger partial charge is 0.107 e. The average molecular weight is 256 g/mol. The first-order valence-corrected chi connectivity index (χ1v) is 7.59. The number of aliphatic hydroxyl groups is 1. The molecule has 3 unspecified atom stereocenters. The quantitative estimate of drug-likeness (QED) is 0.733. The lowest BCUT2D eigenvalue weighted by atomic mass is 10.00. The molecule has 1 saturated carbocycles. The summed E-state index contributed by atoms with van der Waals surface area (Å²) in [5.41, 5.74) is -0.282. The number of hydrogen-bond acceptors (Lipinski definition) is 4. The Labute approximate surface area is 109 Å². The van der Waals surface area contributed by atoms with Gasteiger partial charge in [0, 0.05) is 11.9 Å². The second-order valence-corrected chi connectivity index (χ2v) is 6.44. The third-order valence-electron chi connectivity index (χ3n) is 3.32. The lowest BCUT2D eigenvalue weighted by Crippen LogP contribution is -2.42. The number of rotatable bonds is 7. The van der Waals surface area contributed by atoms with Gasteiger partial charge in [0.15, 0.2) is 0 Å². The summed E-state index contributed by atoms with van der Waals surface area (Å²) in [5.74, 6) is 1.36. The van der Waals surface area contributed by atoms with Crippen molar-refractivity contribution < 1.29 is 5.11 Å². The highest BCUT2D eigenvalue weighted by atomic mass is 32.2. The zero-order valence-electron chi connectivity index (χ0n) is 10.9. The Bertz CT molecular complexity index is 267. The fourth-order valence-electron chi connectivity index (χ4n) is 2.16. The molecule has 1 fully saturated rings. The summed E-state index contributed by atoms with van der Waals surface area (Å²) in [7, 11) is 0. The summed E-state index contributed by atoms with van der Waals surface area (Å²) in [6, 6.07) is 2.47. The van der Waals surface area contributed by atoms with Crippen LogP contribution < -0.4 is 5.32 Å². The van der Waals surface area contributed by atoms with Crippen LogP contribution in [-0.4, -0.2) is 34.8 Å². The van der Waals surface area contributed by atoms with Gasteiger partial charge in [-0.15, -0.1) is 0 Å². The molecule has 1 rings (SSSR count). The van der Waals surface area contributed by atoms with Crippen LogP contribution in [0.2, 0.25) is 0 Å². The maximum atomic E-state index is 9.32. The molecule has 0 aliphatic heterocycles. The fourth-order valence-corrected chi connectivity index (χ4v) is 3.55. The Morgan fingerprint density at radius 2 is 2.41 bits per heavy atom. The van der Waals surface area contributed by atoms with Crippen molar-refractivity contribution in [3.8, 4) is 6.07 Å². The van der Waals surface area contributed by atoms with Crippen LogP contribution in [0.25, 0.3) is 0 Å². The summed E-state index contributed by atoms with van der Waals surface area (Å²) >= 11 is 1.92. The van der Waals surface area contributed by atoms with E-state index in [1.54, 1.807) is 0 Å². The molecule has 3 atom stereocenters. The van der Waals surface area contributed by atoms with E-state index in [1.807, 2.05) is 11.8 Å². The molecule has 0 saturated heterocycles. The van der Waals surface area contributed by atoms with Crippen molar-refractivity contribution in [3.63, 3.8) is 0 Å². The molecular weight excluding hydrogens is 232 g/mol. The van der Waals surface area contributed by atoms with Crippen LogP contribution in [0, 0.1) is 17.2 Å². The van der Waals surface area contributed by atoms with E-state index in [4.69, 9.17) is 5.11 Å². The molecule has 98 valence electrons. The minimum absolute atomic E-state index is 0.261. The zero-order chi connectivity index (χ0) is 12.7. The van der Waals surface area contributed by atoms with Gasteiger partial charge in [0.05, 0.1) is 6.07 Å². The van der Waals surface area contributed by atoms with E-state index in [-0.39, 0.29) is 12.1 Å². The van der Waals surface area contributed by atoms with E-state index in [9.17, 15) is 5.26 Å². The Morgan fingerprint density at radius 1 is 1.65 bits per heavy atom. The Kier molecular flexibility index (Phi) is 6.32. The second-order valence-electron chi connectivity index (χ2n) is 5.11. The molecule has 0 aromatic carbocycles. The van der Waals surface area contributed by atoms with Gasteiger partial charge in [-0.1, -0.05) is 13.8 Å². The maximum absolute atomic E-state index is 9.32. The van der Waals surface area contributed by atoms with Crippen LogP contribution in [0.1, 0.15) is 39.5 Å². The largest absolute Gasteiger partial charge is 0.396 e. The molecule has 0 heterocycles. The van der Waals surface area contributed by atoms with E-state index < -0.39 is 0 Å². The van der Waals surface area contributed by atoms with Gasteiger partial charge in [0.2, 0.25) is 0 Å². The van der Waals surface area contributed by atoms with Gasteiger partial charge >= 0.3 is 0 Å². The summed E-state index contributed by atoms with van der Waals surface area (Å²) < 4.78 is 0. The van der Waals surface area contributed by atoms with Crippen molar-refractivity contribution in [1.82, 2.24) is 5.32 Å². The Morgan fingerprint density at radius 3 is 3.00 bits per heavy atom. The standard InChI is InChI=1S/C13H24N2OS/c1-3-6-15-13(10-14)5-4-12(7-13)17-9-11(2)8-16/h11-12,15-16H,3-9H2,1-2H3. The molecule has 2 N–H and O–H groups in total. The van der Waals surface area contributed by atoms with E-state index >= 15 is 0 Å². The molecule has 0 aromatic rings. The van der Waals surface area contributed by atoms with Crippen LogP contribution in [-0.2, 0) is 0 Å². The highest BCUT2D eigenvalue weighted by Crippen LogP contribution is 2.37. The van der Waals surface area contributed by atoms with Gasteiger partial charge in [0.25, 0.3) is 0 Å². The van der Waals surface area contributed by atoms with E-state index in [1.165, 1.54) is 0 Å². The predicted molar refractivity (Wildman–Crippen MR) is 73.0 cm³/mol. The normalized spacial score (nSPS) is 30.1. The number of thioether (sulfide) groups is 1. The monoisotopic (exact) mass is 256 g/mol. The molecule has 0 radical (unpaired) electrons. The first kappa shape index (κ1) is 14.8. The number of nitrogens with one attached hydrogen (secondary N) is 1. The third kappa shape index (κ3) is 4.50. The molecule has 0 bridgehead atoms. The second kappa shape index (κ2) is 7.25. The summed E-state index contributed by atoms with van der Waals surface area (Å²) in [6.45, 7) is 5.38. The van der Waals surface area contributed by atoms with Gasteiger partial charge in [-0.2, -0.15) is 17.0 Å². The first-order chi connectivity index (χ1) is 8.15. The molecule has 3 nitrogen and oxygen atoms in total. The highest BCUT2D eigenvalue weighted by molar-refractivity contribution is 7.99. The fraction of sp³-hybridized carbons (Fsp3) is 0.923. The Balaban J connectivity index is 2.36. The molecule has 1 aliphatic carbocycles. The molecule has 0 spiro atoms. The van der Waals surface area contributed by atoms with Crippen molar-refractivity contribution in [2.75, 3.05) is 18.9 Å². The average Bonchev–Trinajstić information content (AvgIpc) is 2.78. The molecule has 1 aliphatic rings. The van der Waals surface area contributed by atoms with Gasteiger partial charge in [-0.05, 0) is 43.9 Å². The van der Waals surface area contributed by atoms with E-state index in [2.05, 4.69) is 25.2 Å². The van der Waals surface area contributed by atoms with Crippen LogP contribution >= 0.6 is 11.8 Å². The van der Waals surface area contributed by atoms with Crippen molar-refractivity contribution in [2.24, 2.45) is 5.92 Å². The lowest BCUT2D eigenvalue weighted by Gasteiger charge is -2.22. The van der Waals surface area contributed by atoms with Crippen molar-refractivity contribution >= 4 is 11.8 Å². The third-order valence-corrected chi connectivity index (χ3v) is 4.96. The number of aliphatic hydroxyl groups excluding tert-OH is 1. The van der Waals surface area contributed by atoms with Crippen LogP contribution in [0.5, 0.6) is 0 Å². The molecular formula is C13H24N2OS. The highest BCUT2D eigenvalue weighted by Gasteiger charge is 2.38. The molecule has 17 heavy (non-hydrogen) atoms. The van der Waals surface area contributed by atoms with Gasteiger partial charge in [-0.3, -0.25) is 5.32 Å². The summed E-state index contributed by atoms with van der Waals surface area (Å²) in [6.07, 6.45) is 4.11. The Hall–Kier alpha value is -0.240. The maximum Gasteiger partial charge on any atom is 0.107 e. The summed E-state index contributed by atoms with van der Waals surface area (Å²) in [4.78, 5) is 0. The molecule has 0 aromatic heterocycles. The van der Waals surface area contributed by atoms with Crippen LogP contribution in [0.15, 0.2) is 0 Å². The number of nitrogens with zero attached hydrogens (tertiary/aromatic N) is 1. The summed E-state index contributed by atoms with van der Waals surface area (Å²) in [5, 5.41) is 22.3. The van der Waals surface area contributed by atoms with Crippen molar-refractivity contribution in [2.45, 2.75) is 50.3 Å². The molecule has 0 amide bonds.